The van der Waals surface area contributed by atoms with Gasteiger partial charge in [-0.05, 0) is 60.7 Å². The first-order valence-corrected chi connectivity index (χ1v) is 8.57. The van der Waals surface area contributed by atoms with Crippen molar-refractivity contribution in [2.24, 2.45) is 5.41 Å². The van der Waals surface area contributed by atoms with E-state index in [1.807, 2.05) is 12.1 Å². The highest BCUT2D eigenvalue weighted by Gasteiger charge is 2.52. The third-order valence-electron chi connectivity index (χ3n) is 5.43. The highest BCUT2D eigenvalue weighted by molar-refractivity contribution is 5.53. The first-order chi connectivity index (χ1) is 12.8. The summed E-state index contributed by atoms with van der Waals surface area (Å²) >= 11 is 0. The molecule has 27 heavy (non-hydrogen) atoms. The summed E-state index contributed by atoms with van der Waals surface area (Å²) < 4.78 is 54.3. The molecule has 2 aliphatic rings. The Morgan fingerprint density at radius 2 is 1.74 bits per heavy atom. The van der Waals surface area contributed by atoms with Crippen molar-refractivity contribution in [1.82, 2.24) is 0 Å². The van der Waals surface area contributed by atoms with Crippen LogP contribution in [0.5, 0.6) is 5.75 Å². The van der Waals surface area contributed by atoms with Crippen molar-refractivity contribution >= 4 is 5.69 Å². The fourth-order valence-electron chi connectivity index (χ4n) is 4.16. The SMILES string of the molecule is N#Cc1ccc(C2CC3(C2)CN(c2ccc(OC(F)(F)F)cc2)C3)cc1F. The Bertz CT molecular complexity index is 888. The lowest BCUT2D eigenvalue weighted by atomic mass is 9.56. The van der Waals surface area contributed by atoms with Gasteiger partial charge in [-0.25, -0.2) is 4.39 Å². The number of benzene rings is 2. The molecule has 0 unspecified atom stereocenters. The summed E-state index contributed by atoms with van der Waals surface area (Å²) in [5.41, 5.74) is 2.03. The predicted octanol–water partition coefficient (Wildman–Crippen LogP) is 4.98. The monoisotopic (exact) mass is 376 g/mol. The molecule has 1 aliphatic heterocycles. The van der Waals surface area contributed by atoms with E-state index >= 15 is 0 Å². The van der Waals surface area contributed by atoms with Crippen LogP contribution in [0.25, 0.3) is 0 Å². The Morgan fingerprint density at radius 1 is 1.07 bits per heavy atom. The van der Waals surface area contributed by atoms with Crippen molar-refractivity contribution in [2.45, 2.75) is 25.1 Å². The maximum absolute atomic E-state index is 13.8. The number of ether oxygens (including phenoxy) is 1. The fourth-order valence-corrected chi connectivity index (χ4v) is 4.16. The van der Waals surface area contributed by atoms with Crippen LogP contribution in [-0.2, 0) is 0 Å². The molecule has 0 radical (unpaired) electrons. The lowest BCUT2D eigenvalue weighted by molar-refractivity contribution is -0.274. The summed E-state index contributed by atoms with van der Waals surface area (Å²) in [6.07, 6.45) is -2.79. The van der Waals surface area contributed by atoms with Crippen LogP contribution in [0.1, 0.15) is 29.9 Å². The van der Waals surface area contributed by atoms with Crippen molar-refractivity contribution in [3.63, 3.8) is 0 Å². The van der Waals surface area contributed by atoms with Crippen LogP contribution in [0.4, 0.5) is 23.2 Å². The van der Waals surface area contributed by atoms with E-state index in [1.54, 1.807) is 12.1 Å². The molecule has 0 aromatic heterocycles. The van der Waals surface area contributed by atoms with Crippen LogP contribution in [0, 0.1) is 22.6 Å². The summed E-state index contributed by atoms with van der Waals surface area (Å²) in [7, 11) is 0. The van der Waals surface area contributed by atoms with E-state index < -0.39 is 12.2 Å². The maximum atomic E-state index is 13.8. The summed E-state index contributed by atoms with van der Waals surface area (Å²) in [4.78, 5) is 2.12. The van der Waals surface area contributed by atoms with E-state index in [9.17, 15) is 17.6 Å². The molecular formula is C20H16F4N2O. The van der Waals surface area contributed by atoms with E-state index in [2.05, 4.69) is 9.64 Å². The van der Waals surface area contributed by atoms with Gasteiger partial charge in [-0.3, -0.25) is 0 Å². The number of anilines is 1. The lowest BCUT2D eigenvalue weighted by Crippen LogP contribution is -2.61. The van der Waals surface area contributed by atoms with Crippen molar-refractivity contribution in [2.75, 3.05) is 18.0 Å². The third kappa shape index (κ3) is 3.44. The van der Waals surface area contributed by atoms with Crippen molar-refractivity contribution in [1.29, 1.82) is 5.26 Å². The second kappa shape index (κ2) is 6.15. The molecule has 0 N–H and O–H groups in total. The topological polar surface area (TPSA) is 36.3 Å². The zero-order valence-corrected chi connectivity index (χ0v) is 14.3. The minimum Gasteiger partial charge on any atom is -0.406 e. The normalized spacial score (nSPS) is 18.6. The highest BCUT2D eigenvalue weighted by atomic mass is 19.4. The van der Waals surface area contributed by atoms with Gasteiger partial charge in [0.05, 0.1) is 5.56 Å². The number of hydrogen-bond acceptors (Lipinski definition) is 3. The predicted molar refractivity (Wildman–Crippen MR) is 90.9 cm³/mol. The van der Waals surface area contributed by atoms with Gasteiger partial charge in [0.25, 0.3) is 0 Å². The second-order valence-electron chi connectivity index (χ2n) is 7.35. The van der Waals surface area contributed by atoms with Crippen LogP contribution < -0.4 is 9.64 Å². The maximum Gasteiger partial charge on any atom is 0.573 e. The molecule has 1 spiro atoms. The molecule has 1 aliphatic carbocycles. The van der Waals surface area contributed by atoms with Crippen LogP contribution in [-0.4, -0.2) is 19.5 Å². The number of hydrogen-bond donors (Lipinski definition) is 0. The van der Waals surface area contributed by atoms with Gasteiger partial charge in [-0.1, -0.05) is 6.07 Å². The van der Waals surface area contributed by atoms with E-state index in [0.29, 0.717) is 0 Å². The molecule has 1 saturated carbocycles. The van der Waals surface area contributed by atoms with Crippen LogP contribution in [0.3, 0.4) is 0 Å². The molecule has 0 amide bonds. The summed E-state index contributed by atoms with van der Waals surface area (Å²) in [6.45, 7) is 1.67. The van der Waals surface area contributed by atoms with E-state index in [4.69, 9.17) is 5.26 Å². The van der Waals surface area contributed by atoms with Gasteiger partial charge in [0.1, 0.15) is 17.6 Å². The molecule has 0 atom stereocenters. The summed E-state index contributed by atoms with van der Waals surface area (Å²) in [6, 6.07) is 12.5. The van der Waals surface area contributed by atoms with Gasteiger partial charge >= 0.3 is 6.36 Å². The number of alkyl halides is 3. The van der Waals surface area contributed by atoms with Gasteiger partial charge in [-0.2, -0.15) is 5.26 Å². The van der Waals surface area contributed by atoms with Crippen molar-refractivity contribution in [3.05, 3.63) is 59.4 Å². The largest absolute Gasteiger partial charge is 0.573 e. The van der Waals surface area contributed by atoms with E-state index in [-0.39, 0.29) is 22.6 Å². The van der Waals surface area contributed by atoms with Crippen LogP contribution in [0.15, 0.2) is 42.5 Å². The molecule has 2 fully saturated rings. The Balaban J connectivity index is 1.33. The van der Waals surface area contributed by atoms with Gasteiger partial charge in [-0.15, -0.1) is 13.2 Å². The van der Waals surface area contributed by atoms with E-state index in [0.717, 1.165) is 37.2 Å². The zero-order chi connectivity index (χ0) is 19.2. The Kier molecular flexibility index (Phi) is 4.02. The smallest absolute Gasteiger partial charge is 0.406 e. The lowest BCUT2D eigenvalue weighted by Gasteiger charge is -2.60. The van der Waals surface area contributed by atoms with Gasteiger partial charge < -0.3 is 9.64 Å². The third-order valence-corrected chi connectivity index (χ3v) is 5.43. The Hall–Kier alpha value is -2.75. The molecular weight excluding hydrogens is 360 g/mol. The first kappa shape index (κ1) is 17.7. The Morgan fingerprint density at radius 3 is 2.30 bits per heavy atom. The van der Waals surface area contributed by atoms with Crippen LogP contribution in [0.2, 0.25) is 0 Å². The number of halogens is 4. The molecule has 3 nitrogen and oxygen atoms in total. The number of nitrogens with zero attached hydrogens (tertiary/aromatic N) is 2. The van der Waals surface area contributed by atoms with Crippen molar-refractivity contribution in [3.8, 4) is 11.8 Å². The molecule has 140 valence electrons. The Labute approximate surface area is 153 Å². The number of nitriles is 1. The molecule has 7 heteroatoms. The fraction of sp³-hybridized carbons (Fsp3) is 0.350. The molecule has 1 heterocycles. The van der Waals surface area contributed by atoms with Crippen molar-refractivity contribution < 1.29 is 22.3 Å². The average Bonchev–Trinajstić information content (AvgIpc) is 2.52. The minimum absolute atomic E-state index is 0.0561. The molecule has 1 saturated heterocycles. The summed E-state index contributed by atoms with van der Waals surface area (Å²) in [5.74, 6) is -0.419. The first-order valence-electron chi connectivity index (χ1n) is 8.57. The molecule has 2 aromatic carbocycles. The second-order valence-corrected chi connectivity index (χ2v) is 7.35. The molecule has 2 aromatic rings. The average molecular weight is 376 g/mol. The van der Waals surface area contributed by atoms with Gasteiger partial charge in [0.2, 0.25) is 0 Å². The molecule has 0 bridgehead atoms. The number of rotatable bonds is 3. The van der Waals surface area contributed by atoms with Gasteiger partial charge in [0.15, 0.2) is 0 Å². The molecule has 4 rings (SSSR count). The quantitative estimate of drug-likeness (QED) is 0.709. The van der Waals surface area contributed by atoms with Crippen LogP contribution >= 0.6 is 0 Å². The van der Waals surface area contributed by atoms with E-state index in [1.165, 1.54) is 24.3 Å². The highest BCUT2D eigenvalue weighted by Crippen LogP contribution is 2.56. The minimum atomic E-state index is -4.69. The summed E-state index contributed by atoms with van der Waals surface area (Å²) in [5, 5.41) is 8.80. The van der Waals surface area contributed by atoms with Gasteiger partial charge in [0, 0.05) is 24.2 Å². The standard InChI is InChI=1S/C20H16F4N2O/c21-18-7-13(1-2-14(18)10-25)15-8-19(9-15)11-26(12-19)16-3-5-17(6-4-16)27-20(22,23)24/h1-7,15H,8-9,11-12H2. The zero-order valence-electron chi connectivity index (χ0n) is 14.3.